The molecule has 1 aromatic carbocycles. The molecule has 0 radical (unpaired) electrons. The van der Waals surface area contributed by atoms with Crippen molar-refractivity contribution >= 4 is 21.6 Å². The molecule has 19 heavy (non-hydrogen) atoms. The Balaban J connectivity index is 2.34. The molecule has 5 nitrogen and oxygen atoms in total. The smallest absolute Gasteiger partial charge is 0.244 e. The molecule has 0 amide bonds. The van der Waals surface area contributed by atoms with Crippen LogP contribution in [0.15, 0.2) is 23.1 Å². The minimum atomic E-state index is -3.83. The molecule has 0 aliphatic carbocycles. The van der Waals surface area contributed by atoms with Gasteiger partial charge in [0.1, 0.15) is 10.7 Å². The van der Waals surface area contributed by atoms with E-state index in [0.29, 0.717) is 0 Å². The minimum absolute atomic E-state index is 0.00260. The summed E-state index contributed by atoms with van der Waals surface area (Å²) in [5.41, 5.74) is 5.47. The summed E-state index contributed by atoms with van der Waals surface area (Å²) in [5, 5.41) is -0.00260. The highest BCUT2D eigenvalue weighted by Crippen LogP contribution is 2.26. The van der Waals surface area contributed by atoms with Crippen LogP contribution >= 0.6 is 11.6 Å². The third-order valence-electron chi connectivity index (χ3n) is 2.88. The van der Waals surface area contributed by atoms with Crippen LogP contribution in [0, 0.1) is 5.82 Å². The van der Waals surface area contributed by atoms with Gasteiger partial charge in [0, 0.05) is 19.6 Å². The molecule has 0 aromatic heterocycles. The van der Waals surface area contributed by atoms with Gasteiger partial charge in [-0.3, -0.25) is 0 Å². The first-order valence-electron chi connectivity index (χ1n) is 5.72. The zero-order chi connectivity index (χ0) is 14.0. The van der Waals surface area contributed by atoms with Gasteiger partial charge in [0.15, 0.2) is 0 Å². The molecule has 1 saturated heterocycles. The van der Waals surface area contributed by atoms with E-state index in [2.05, 4.69) is 0 Å². The van der Waals surface area contributed by atoms with Gasteiger partial charge in [0.2, 0.25) is 10.0 Å². The van der Waals surface area contributed by atoms with Crippen molar-refractivity contribution in [3.05, 3.63) is 29.0 Å². The molecular formula is C11H14ClFN2O3S. The third kappa shape index (κ3) is 3.06. The van der Waals surface area contributed by atoms with Crippen LogP contribution in [0.25, 0.3) is 0 Å². The Labute approximate surface area is 116 Å². The van der Waals surface area contributed by atoms with E-state index in [-0.39, 0.29) is 42.3 Å². The van der Waals surface area contributed by atoms with Crippen molar-refractivity contribution in [2.24, 2.45) is 5.73 Å². The maximum absolute atomic E-state index is 13.2. The summed E-state index contributed by atoms with van der Waals surface area (Å²) in [6.45, 7) is 0.828. The fourth-order valence-electron chi connectivity index (χ4n) is 1.87. The SMILES string of the molecule is NCC1CN(S(=O)(=O)c2cc(F)ccc2Cl)CCO1. The predicted octanol–water partition coefficient (Wildman–Crippen LogP) is 0.827. The molecule has 1 aliphatic heterocycles. The molecule has 0 saturated carbocycles. The molecular weight excluding hydrogens is 295 g/mol. The standard InChI is InChI=1S/C11H14ClFN2O3S/c12-10-2-1-8(13)5-11(10)19(16,17)15-3-4-18-9(6-14)7-15/h1-2,5,9H,3-4,6-7,14H2. The number of benzene rings is 1. The number of hydrogen-bond acceptors (Lipinski definition) is 4. The fraction of sp³-hybridized carbons (Fsp3) is 0.455. The average Bonchev–Trinajstić information content (AvgIpc) is 2.41. The number of ether oxygens (including phenoxy) is 1. The van der Waals surface area contributed by atoms with Crippen LogP contribution in [0.1, 0.15) is 0 Å². The van der Waals surface area contributed by atoms with E-state index in [1.165, 1.54) is 10.4 Å². The minimum Gasteiger partial charge on any atom is -0.374 e. The van der Waals surface area contributed by atoms with Crippen molar-refractivity contribution in [2.75, 3.05) is 26.2 Å². The molecule has 1 aromatic rings. The predicted molar refractivity (Wildman–Crippen MR) is 69.0 cm³/mol. The largest absolute Gasteiger partial charge is 0.374 e. The van der Waals surface area contributed by atoms with Crippen molar-refractivity contribution in [2.45, 2.75) is 11.0 Å². The van der Waals surface area contributed by atoms with E-state index in [1.54, 1.807) is 0 Å². The summed E-state index contributed by atoms with van der Waals surface area (Å²) < 4.78 is 44.5. The molecule has 8 heteroatoms. The summed E-state index contributed by atoms with van der Waals surface area (Å²) >= 11 is 5.84. The second-order valence-corrected chi connectivity index (χ2v) is 6.48. The van der Waals surface area contributed by atoms with Crippen LogP contribution in [0.5, 0.6) is 0 Å². The van der Waals surface area contributed by atoms with E-state index in [0.717, 1.165) is 12.1 Å². The van der Waals surface area contributed by atoms with E-state index >= 15 is 0 Å². The highest BCUT2D eigenvalue weighted by molar-refractivity contribution is 7.89. The van der Waals surface area contributed by atoms with Crippen molar-refractivity contribution in [3.8, 4) is 0 Å². The summed E-state index contributed by atoms with van der Waals surface area (Å²) in [6.07, 6.45) is -0.351. The van der Waals surface area contributed by atoms with Gasteiger partial charge in [-0.2, -0.15) is 4.31 Å². The quantitative estimate of drug-likeness (QED) is 0.897. The lowest BCUT2D eigenvalue weighted by atomic mass is 10.3. The van der Waals surface area contributed by atoms with Gasteiger partial charge < -0.3 is 10.5 Å². The monoisotopic (exact) mass is 308 g/mol. The Kier molecular flexibility index (Phi) is 4.42. The zero-order valence-electron chi connectivity index (χ0n) is 10.1. The molecule has 1 aliphatic rings. The van der Waals surface area contributed by atoms with Gasteiger partial charge in [-0.05, 0) is 18.2 Å². The summed E-state index contributed by atoms with van der Waals surface area (Å²) in [5.74, 6) is -0.647. The molecule has 1 fully saturated rings. The molecule has 2 rings (SSSR count). The number of morpholine rings is 1. The molecule has 0 spiro atoms. The Hall–Kier alpha value is -0.730. The molecule has 1 unspecified atom stereocenters. The van der Waals surface area contributed by atoms with Crippen LogP contribution in [-0.2, 0) is 14.8 Å². The molecule has 0 bridgehead atoms. The van der Waals surface area contributed by atoms with Gasteiger partial charge in [-0.25, -0.2) is 12.8 Å². The first-order valence-corrected chi connectivity index (χ1v) is 7.54. The van der Waals surface area contributed by atoms with Gasteiger partial charge in [-0.1, -0.05) is 11.6 Å². The number of halogens is 2. The van der Waals surface area contributed by atoms with Gasteiger partial charge >= 0.3 is 0 Å². The number of nitrogens with two attached hydrogens (primary N) is 1. The van der Waals surface area contributed by atoms with Crippen molar-refractivity contribution in [1.29, 1.82) is 0 Å². The summed E-state index contributed by atoms with van der Waals surface area (Å²) in [7, 11) is -3.83. The highest BCUT2D eigenvalue weighted by Gasteiger charge is 2.31. The number of sulfonamides is 1. The van der Waals surface area contributed by atoms with Crippen LogP contribution in [0.3, 0.4) is 0 Å². The third-order valence-corrected chi connectivity index (χ3v) is 5.22. The summed E-state index contributed by atoms with van der Waals surface area (Å²) in [6, 6.07) is 3.26. The van der Waals surface area contributed by atoms with E-state index in [4.69, 9.17) is 22.1 Å². The highest BCUT2D eigenvalue weighted by atomic mass is 35.5. The topological polar surface area (TPSA) is 72.6 Å². The Morgan fingerprint density at radius 1 is 1.53 bits per heavy atom. The van der Waals surface area contributed by atoms with Crippen molar-refractivity contribution < 1.29 is 17.5 Å². The van der Waals surface area contributed by atoms with E-state index in [9.17, 15) is 12.8 Å². The molecule has 2 N–H and O–H groups in total. The average molecular weight is 309 g/mol. The number of rotatable bonds is 3. The van der Waals surface area contributed by atoms with Gasteiger partial charge in [0.05, 0.1) is 17.7 Å². The Morgan fingerprint density at radius 3 is 2.95 bits per heavy atom. The first-order chi connectivity index (χ1) is 8.95. The van der Waals surface area contributed by atoms with Crippen LogP contribution in [0.2, 0.25) is 5.02 Å². The van der Waals surface area contributed by atoms with Crippen LogP contribution in [0.4, 0.5) is 4.39 Å². The van der Waals surface area contributed by atoms with E-state index < -0.39 is 15.8 Å². The lowest BCUT2D eigenvalue weighted by Crippen LogP contribution is -2.48. The second kappa shape index (κ2) is 5.72. The maximum atomic E-state index is 13.2. The van der Waals surface area contributed by atoms with Crippen LogP contribution < -0.4 is 5.73 Å². The molecule has 1 heterocycles. The second-order valence-electron chi connectivity index (χ2n) is 4.17. The lowest BCUT2D eigenvalue weighted by molar-refractivity contribution is 0.00450. The van der Waals surface area contributed by atoms with Gasteiger partial charge in [-0.15, -0.1) is 0 Å². The maximum Gasteiger partial charge on any atom is 0.244 e. The normalized spacial score (nSPS) is 21.5. The van der Waals surface area contributed by atoms with Crippen molar-refractivity contribution in [1.82, 2.24) is 4.31 Å². The lowest BCUT2D eigenvalue weighted by Gasteiger charge is -2.31. The molecule has 106 valence electrons. The van der Waals surface area contributed by atoms with Crippen molar-refractivity contribution in [3.63, 3.8) is 0 Å². The van der Waals surface area contributed by atoms with Crippen LogP contribution in [-0.4, -0.2) is 45.1 Å². The number of hydrogen-bond donors (Lipinski definition) is 1. The Bertz CT molecular complexity index is 567. The van der Waals surface area contributed by atoms with Gasteiger partial charge in [0.25, 0.3) is 0 Å². The molecule has 1 atom stereocenters. The Morgan fingerprint density at radius 2 is 2.26 bits per heavy atom. The summed E-state index contributed by atoms with van der Waals surface area (Å²) in [4.78, 5) is -0.230. The zero-order valence-corrected chi connectivity index (χ0v) is 11.6. The number of nitrogens with zero attached hydrogens (tertiary/aromatic N) is 1. The first kappa shape index (κ1) is 14.7. The fourth-order valence-corrected chi connectivity index (χ4v) is 3.81. The van der Waals surface area contributed by atoms with E-state index in [1.807, 2.05) is 0 Å².